The number of amides is 1. The minimum Gasteiger partial charge on any atom is -0.493 e. The number of ether oxygens (including phenoxy) is 3. The maximum Gasteiger partial charge on any atom is 0.331 e. The van der Waals surface area contributed by atoms with Crippen molar-refractivity contribution >= 4 is 35.2 Å². The van der Waals surface area contributed by atoms with Crippen LogP contribution in [0.3, 0.4) is 0 Å². The molecular weight excluding hydrogens is 396 g/mol. The van der Waals surface area contributed by atoms with Crippen LogP contribution in [0.25, 0.3) is 6.08 Å². The van der Waals surface area contributed by atoms with E-state index in [1.165, 1.54) is 31.4 Å². The van der Waals surface area contributed by atoms with Crippen LogP contribution in [0.15, 0.2) is 42.5 Å². The normalized spacial score (nSPS) is 10.3. The van der Waals surface area contributed by atoms with Crippen molar-refractivity contribution in [2.45, 2.75) is 6.92 Å². The van der Waals surface area contributed by atoms with Gasteiger partial charge in [-0.15, -0.1) is 0 Å². The Labute approximate surface area is 173 Å². The molecule has 29 heavy (non-hydrogen) atoms. The highest BCUT2D eigenvalue weighted by Crippen LogP contribution is 2.28. The summed E-state index contributed by atoms with van der Waals surface area (Å²) in [5.74, 6) is -0.0572. The number of carbonyl (C=O) groups excluding carboxylic acids is 2. The van der Waals surface area contributed by atoms with E-state index in [9.17, 15) is 9.59 Å². The number of hydrogen-bond donors (Lipinski definition) is 1. The van der Waals surface area contributed by atoms with Crippen LogP contribution in [0.2, 0.25) is 5.02 Å². The van der Waals surface area contributed by atoms with Gasteiger partial charge in [-0.25, -0.2) is 4.79 Å². The number of anilines is 1. The SMILES string of the molecule is CCOc1ccc(/C=C/C(=O)OCC(=O)Nc2ccc(C#N)c(Cl)c2)cc1OC. The molecule has 1 N–H and O–H groups in total. The molecule has 0 heterocycles. The molecule has 150 valence electrons. The standard InChI is InChI=1S/C21H19ClN2O5/c1-3-28-18-8-4-14(10-19(18)27-2)5-9-21(26)29-13-20(25)24-16-7-6-15(12-23)17(22)11-16/h4-11H,3,13H2,1-2H3,(H,24,25)/b9-5+. The fraction of sp³-hybridized carbons (Fsp3) is 0.190. The van der Waals surface area contributed by atoms with Gasteiger partial charge in [-0.1, -0.05) is 17.7 Å². The predicted molar refractivity (Wildman–Crippen MR) is 109 cm³/mol. The van der Waals surface area contributed by atoms with Gasteiger partial charge in [0.25, 0.3) is 5.91 Å². The van der Waals surface area contributed by atoms with E-state index in [-0.39, 0.29) is 5.02 Å². The third-order valence-electron chi connectivity index (χ3n) is 3.62. The lowest BCUT2D eigenvalue weighted by molar-refractivity contribution is -0.142. The summed E-state index contributed by atoms with van der Waals surface area (Å²) in [5, 5.41) is 11.6. The van der Waals surface area contributed by atoms with E-state index in [2.05, 4.69) is 5.32 Å². The molecule has 0 aliphatic heterocycles. The number of rotatable bonds is 8. The molecule has 0 fully saturated rings. The molecule has 2 aromatic rings. The quantitative estimate of drug-likeness (QED) is 0.521. The molecule has 8 heteroatoms. The Hall–Kier alpha value is -3.50. The first-order chi connectivity index (χ1) is 14.0. The molecule has 0 aliphatic rings. The van der Waals surface area contributed by atoms with Crippen molar-refractivity contribution < 1.29 is 23.8 Å². The first kappa shape index (κ1) is 21.8. The van der Waals surface area contributed by atoms with Crippen LogP contribution in [0, 0.1) is 11.3 Å². The van der Waals surface area contributed by atoms with Gasteiger partial charge >= 0.3 is 5.97 Å². The van der Waals surface area contributed by atoms with Gasteiger partial charge in [-0.2, -0.15) is 5.26 Å². The van der Waals surface area contributed by atoms with Crippen molar-refractivity contribution in [1.82, 2.24) is 0 Å². The van der Waals surface area contributed by atoms with Crippen molar-refractivity contribution in [2.75, 3.05) is 25.6 Å². The molecule has 7 nitrogen and oxygen atoms in total. The minimum atomic E-state index is -0.675. The molecule has 0 bridgehead atoms. The largest absolute Gasteiger partial charge is 0.493 e. The van der Waals surface area contributed by atoms with Gasteiger partial charge in [0.05, 0.1) is 24.3 Å². The number of nitriles is 1. The van der Waals surface area contributed by atoms with Gasteiger partial charge in [0.1, 0.15) is 6.07 Å². The van der Waals surface area contributed by atoms with Crippen LogP contribution < -0.4 is 14.8 Å². The summed E-state index contributed by atoms with van der Waals surface area (Å²) in [4.78, 5) is 23.7. The molecule has 2 aromatic carbocycles. The van der Waals surface area contributed by atoms with Crippen LogP contribution in [0.5, 0.6) is 11.5 Å². The Kier molecular flexibility index (Phi) is 8.07. The van der Waals surface area contributed by atoms with Gasteiger partial charge in [-0.05, 0) is 48.9 Å². The first-order valence-electron chi connectivity index (χ1n) is 8.62. The third-order valence-corrected chi connectivity index (χ3v) is 3.93. The molecule has 2 rings (SSSR count). The van der Waals surface area contributed by atoms with Gasteiger partial charge in [0.15, 0.2) is 18.1 Å². The fourth-order valence-electron chi connectivity index (χ4n) is 2.29. The van der Waals surface area contributed by atoms with Crippen molar-refractivity contribution in [2.24, 2.45) is 0 Å². The highest BCUT2D eigenvalue weighted by atomic mass is 35.5. The zero-order chi connectivity index (χ0) is 21.2. The fourth-order valence-corrected chi connectivity index (χ4v) is 2.52. The van der Waals surface area contributed by atoms with Gasteiger partial charge in [0.2, 0.25) is 0 Å². The molecule has 0 unspecified atom stereocenters. The lowest BCUT2D eigenvalue weighted by atomic mass is 10.2. The zero-order valence-electron chi connectivity index (χ0n) is 15.9. The average Bonchev–Trinajstić information content (AvgIpc) is 2.71. The smallest absolute Gasteiger partial charge is 0.331 e. The second kappa shape index (κ2) is 10.7. The molecule has 0 aliphatic carbocycles. The summed E-state index contributed by atoms with van der Waals surface area (Å²) in [5.41, 5.74) is 1.40. The van der Waals surface area contributed by atoms with Crippen LogP contribution in [-0.4, -0.2) is 32.2 Å². The number of benzene rings is 2. The van der Waals surface area contributed by atoms with Crippen LogP contribution >= 0.6 is 11.6 Å². The van der Waals surface area contributed by atoms with Crippen LogP contribution in [0.1, 0.15) is 18.1 Å². The summed E-state index contributed by atoms with van der Waals surface area (Å²) in [7, 11) is 1.53. The number of carbonyl (C=O) groups is 2. The van der Waals surface area contributed by atoms with Crippen molar-refractivity contribution in [3.63, 3.8) is 0 Å². The van der Waals surface area contributed by atoms with Gasteiger partial charge in [0, 0.05) is 11.8 Å². The maximum absolute atomic E-state index is 11.9. The number of methoxy groups -OCH3 is 1. The highest BCUT2D eigenvalue weighted by molar-refractivity contribution is 6.32. The lowest BCUT2D eigenvalue weighted by Gasteiger charge is -2.09. The Morgan fingerprint density at radius 2 is 2.00 bits per heavy atom. The molecule has 0 spiro atoms. The predicted octanol–water partition coefficient (Wildman–Crippen LogP) is 3.81. The third kappa shape index (κ3) is 6.55. The Morgan fingerprint density at radius 1 is 1.21 bits per heavy atom. The van der Waals surface area contributed by atoms with Crippen molar-refractivity contribution in [3.05, 3.63) is 58.6 Å². The molecule has 0 atom stereocenters. The number of esters is 1. The summed E-state index contributed by atoms with van der Waals surface area (Å²) in [6.45, 7) is 1.91. The number of halogens is 1. The molecule has 1 amide bonds. The van der Waals surface area contributed by atoms with E-state index in [0.717, 1.165) is 0 Å². The molecular formula is C21H19ClN2O5. The highest BCUT2D eigenvalue weighted by Gasteiger charge is 2.08. The molecule has 0 saturated heterocycles. The molecule has 0 saturated carbocycles. The van der Waals surface area contributed by atoms with E-state index >= 15 is 0 Å². The van der Waals surface area contributed by atoms with Gasteiger partial charge in [-0.3, -0.25) is 4.79 Å². The first-order valence-corrected chi connectivity index (χ1v) is 8.99. The van der Waals surface area contributed by atoms with Crippen LogP contribution in [0.4, 0.5) is 5.69 Å². The average molecular weight is 415 g/mol. The second-order valence-corrected chi connectivity index (χ2v) is 6.05. The number of nitrogens with zero attached hydrogens (tertiary/aromatic N) is 1. The minimum absolute atomic E-state index is 0.219. The van der Waals surface area contributed by atoms with E-state index in [1.807, 2.05) is 13.0 Å². The summed E-state index contributed by atoms with van der Waals surface area (Å²) in [6, 6.07) is 11.6. The monoisotopic (exact) mass is 414 g/mol. The maximum atomic E-state index is 11.9. The molecule has 0 radical (unpaired) electrons. The van der Waals surface area contributed by atoms with E-state index < -0.39 is 18.5 Å². The Bertz CT molecular complexity index is 966. The molecule has 0 aromatic heterocycles. The lowest BCUT2D eigenvalue weighted by Crippen LogP contribution is -2.20. The Morgan fingerprint density at radius 3 is 2.66 bits per heavy atom. The topological polar surface area (TPSA) is 97.6 Å². The van der Waals surface area contributed by atoms with E-state index in [4.69, 9.17) is 31.1 Å². The van der Waals surface area contributed by atoms with E-state index in [0.29, 0.717) is 34.9 Å². The van der Waals surface area contributed by atoms with Crippen LogP contribution in [-0.2, 0) is 14.3 Å². The number of nitrogens with one attached hydrogen (secondary N) is 1. The van der Waals surface area contributed by atoms with Crippen molar-refractivity contribution in [1.29, 1.82) is 5.26 Å². The summed E-state index contributed by atoms with van der Waals surface area (Å²) >= 11 is 5.90. The van der Waals surface area contributed by atoms with Crippen molar-refractivity contribution in [3.8, 4) is 17.6 Å². The summed E-state index contributed by atoms with van der Waals surface area (Å²) < 4.78 is 15.6. The summed E-state index contributed by atoms with van der Waals surface area (Å²) in [6.07, 6.45) is 2.75. The van der Waals surface area contributed by atoms with E-state index in [1.54, 1.807) is 24.3 Å². The van der Waals surface area contributed by atoms with Gasteiger partial charge < -0.3 is 19.5 Å². The number of hydrogen-bond acceptors (Lipinski definition) is 6. The second-order valence-electron chi connectivity index (χ2n) is 5.64. The Balaban J connectivity index is 1.88. The zero-order valence-corrected chi connectivity index (χ0v) is 16.7.